The van der Waals surface area contributed by atoms with E-state index in [9.17, 15) is 18.0 Å². The molecule has 8 heteroatoms. The van der Waals surface area contributed by atoms with Crippen LogP contribution in [-0.4, -0.2) is 50.5 Å². The smallest absolute Gasteiger partial charge is 0.242 e. The van der Waals surface area contributed by atoms with Crippen LogP contribution in [0.25, 0.3) is 0 Å². The lowest BCUT2D eigenvalue weighted by molar-refractivity contribution is -0.141. The number of carbonyl (C=O) groups is 2. The van der Waals surface area contributed by atoms with Gasteiger partial charge in [0.2, 0.25) is 21.8 Å². The van der Waals surface area contributed by atoms with E-state index < -0.39 is 16.1 Å². The largest absolute Gasteiger partial charge is 0.354 e. The molecule has 0 bridgehead atoms. The lowest BCUT2D eigenvalue weighted by Crippen LogP contribution is -2.49. The molecule has 1 atom stereocenters. The summed E-state index contributed by atoms with van der Waals surface area (Å²) >= 11 is 0. The zero-order valence-corrected chi connectivity index (χ0v) is 23.1. The fraction of sp³-hybridized carbons (Fsp3) is 0.500. The number of anilines is 1. The average molecular weight is 516 g/mol. The van der Waals surface area contributed by atoms with Crippen molar-refractivity contribution in [3.05, 3.63) is 65.2 Å². The number of hydrogen-bond acceptors (Lipinski definition) is 4. The van der Waals surface area contributed by atoms with Gasteiger partial charge in [-0.05, 0) is 55.9 Å². The quantitative estimate of drug-likeness (QED) is 0.403. The van der Waals surface area contributed by atoms with E-state index in [1.807, 2.05) is 64.1 Å². The molecule has 0 spiro atoms. The number of aryl methyl sites for hydroxylation is 2. The second kappa shape index (κ2) is 14.0. The van der Waals surface area contributed by atoms with E-state index in [2.05, 4.69) is 5.32 Å². The third kappa shape index (κ3) is 8.66. The zero-order valence-electron chi connectivity index (χ0n) is 22.3. The van der Waals surface area contributed by atoms with Crippen molar-refractivity contribution >= 4 is 27.5 Å². The van der Waals surface area contributed by atoms with Crippen molar-refractivity contribution in [1.82, 2.24) is 10.2 Å². The van der Waals surface area contributed by atoms with E-state index in [-0.39, 0.29) is 24.8 Å². The van der Waals surface area contributed by atoms with Gasteiger partial charge in [0, 0.05) is 26.1 Å². The van der Waals surface area contributed by atoms with Crippen molar-refractivity contribution in [2.75, 3.05) is 23.7 Å². The van der Waals surface area contributed by atoms with Gasteiger partial charge in [0.05, 0.1) is 11.9 Å². The molecule has 0 aromatic heterocycles. The van der Waals surface area contributed by atoms with Gasteiger partial charge in [0.1, 0.15) is 6.04 Å². The summed E-state index contributed by atoms with van der Waals surface area (Å²) in [5.41, 5.74) is 3.76. The van der Waals surface area contributed by atoms with Crippen LogP contribution in [-0.2, 0) is 32.6 Å². The normalized spacial score (nSPS) is 12.1. The summed E-state index contributed by atoms with van der Waals surface area (Å²) in [7, 11) is -3.51. The number of rotatable bonds is 14. The monoisotopic (exact) mass is 515 g/mol. The first-order valence-corrected chi connectivity index (χ1v) is 14.6. The number of nitrogens with one attached hydrogen (secondary N) is 1. The number of sulfonamides is 1. The fourth-order valence-corrected chi connectivity index (χ4v) is 5.16. The van der Waals surface area contributed by atoms with Gasteiger partial charge in [-0.1, -0.05) is 62.7 Å². The van der Waals surface area contributed by atoms with Crippen molar-refractivity contribution < 1.29 is 18.0 Å². The summed E-state index contributed by atoms with van der Waals surface area (Å²) in [4.78, 5) is 28.0. The van der Waals surface area contributed by atoms with Gasteiger partial charge >= 0.3 is 0 Å². The highest BCUT2D eigenvalue weighted by Crippen LogP contribution is 2.21. The minimum Gasteiger partial charge on any atom is -0.354 e. The predicted octanol–water partition coefficient (Wildman–Crippen LogP) is 4.44. The highest BCUT2D eigenvalue weighted by atomic mass is 32.2. The van der Waals surface area contributed by atoms with Crippen molar-refractivity contribution in [2.45, 2.75) is 72.4 Å². The average Bonchev–Trinajstić information content (AvgIpc) is 2.84. The van der Waals surface area contributed by atoms with Crippen LogP contribution in [0.15, 0.2) is 48.5 Å². The topological polar surface area (TPSA) is 86.8 Å². The maximum absolute atomic E-state index is 13.4. The zero-order chi connectivity index (χ0) is 26.7. The van der Waals surface area contributed by atoms with Crippen molar-refractivity contribution in [2.24, 2.45) is 0 Å². The molecular formula is C28H41N3O4S. The molecular weight excluding hydrogens is 474 g/mol. The summed E-state index contributed by atoms with van der Waals surface area (Å²) in [6, 6.07) is 14.8. The second-order valence-electron chi connectivity index (χ2n) is 9.18. The molecule has 0 aliphatic rings. The summed E-state index contributed by atoms with van der Waals surface area (Å²) in [6.07, 6.45) is 3.84. The van der Waals surface area contributed by atoms with Crippen LogP contribution >= 0.6 is 0 Å². The summed E-state index contributed by atoms with van der Waals surface area (Å²) < 4.78 is 26.3. The van der Waals surface area contributed by atoms with Gasteiger partial charge in [-0.2, -0.15) is 0 Å². The number of nitrogens with zero attached hydrogens (tertiary/aromatic N) is 2. The molecule has 36 heavy (non-hydrogen) atoms. The molecule has 0 fully saturated rings. The van der Waals surface area contributed by atoms with E-state index in [1.54, 1.807) is 17.0 Å². The first kappa shape index (κ1) is 29.4. The van der Waals surface area contributed by atoms with Crippen molar-refractivity contribution in [3.8, 4) is 0 Å². The molecule has 1 N–H and O–H groups in total. The Kier molecular flexibility index (Phi) is 11.4. The number of carbonyl (C=O) groups excluding carboxylic acids is 2. The van der Waals surface area contributed by atoms with E-state index >= 15 is 0 Å². The Balaban J connectivity index is 2.19. The summed E-state index contributed by atoms with van der Waals surface area (Å²) in [6.45, 7) is 9.00. The Morgan fingerprint density at radius 3 is 2.25 bits per heavy atom. The molecule has 0 heterocycles. The lowest BCUT2D eigenvalue weighted by atomic mass is 10.1. The van der Waals surface area contributed by atoms with Crippen LogP contribution in [0.3, 0.4) is 0 Å². The molecule has 198 valence electrons. The van der Waals surface area contributed by atoms with E-state index in [0.29, 0.717) is 31.6 Å². The highest BCUT2D eigenvalue weighted by Gasteiger charge is 2.28. The fourth-order valence-electron chi connectivity index (χ4n) is 4.19. The van der Waals surface area contributed by atoms with E-state index in [4.69, 9.17) is 0 Å². The van der Waals surface area contributed by atoms with Crippen LogP contribution in [0, 0.1) is 6.92 Å². The minimum absolute atomic E-state index is 0.141. The van der Waals surface area contributed by atoms with Gasteiger partial charge < -0.3 is 10.2 Å². The molecule has 7 nitrogen and oxygen atoms in total. The van der Waals surface area contributed by atoms with Crippen LogP contribution in [0.5, 0.6) is 0 Å². The van der Waals surface area contributed by atoms with Crippen LogP contribution < -0.4 is 9.62 Å². The molecule has 0 saturated heterocycles. The highest BCUT2D eigenvalue weighted by molar-refractivity contribution is 7.92. The van der Waals surface area contributed by atoms with Crippen LogP contribution in [0.4, 0.5) is 5.69 Å². The Bertz CT molecular complexity index is 1100. The van der Waals surface area contributed by atoms with Gasteiger partial charge in [-0.3, -0.25) is 13.9 Å². The van der Waals surface area contributed by atoms with E-state index in [0.717, 1.165) is 29.5 Å². The lowest BCUT2D eigenvalue weighted by Gasteiger charge is -2.31. The summed E-state index contributed by atoms with van der Waals surface area (Å²) in [5.74, 6) is -0.320. The van der Waals surface area contributed by atoms with Gasteiger partial charge in [0.15, 0.2) is 0 Å². The molecule has 0 radical (unpaired) electrons. The minimum atomic E-state index is -3.51. The van der Waals surface area contributed by atoms with Crippen LogP contribution in [0.2, 0.25) is 0 Å². The van der Waals surface area contributed by atoms with Gasteiger partial charge in [-0.15, -0.1) is 0 Å². The number of hydrogen-bond donors (Lipinski definition) is 1. The van der Waals surface area contributed by atoms with Crippen LogP contribution in [0.1, 0.15) is 63.1 Å². The van der Waals surface area contributed by atoms with Gasteiger partial charge in [-0.25, -0.2) is 8.42 Å². The molecule has 0 unspecified atom stereocenters. The first-order valence-electron chi connectivity index (χ1n) is 12.8. The maximum Gasteiger partial charge on any atom is 0.242 e. The summed E-state index contributed by atoms with van der Waals surface area (Å²) in [5, 5.41) is 2.92. The molecule has 0 aliphatic carbocycles. The Morgan fingerprint density at radius 1 is 1.00 bits per heavy atom. The van der Waals surface area contributed by atoms with Crippen molar-refractivity contribution in [3.63, 3.8) is 0 Å². The molecule has 2 aromatic carbocycles. The molecule has 0 saturated carbocycles. The molecule has 2 amide bonds. The predicted molar refractivity (Wildman–Crippen MR) is 146 cm³/mol. The molecule has 2 rings (SSSR count). The molecule has 0 aliphatic heterocycles. The maximum atomic E-state index is 13.4. The van der Waals surface area contributed by atoms with Crippen molar-refractivity contribution in [1.29, 1.82) is 0 Å². The van der Waals surface area contributed by atoms with Gasteiger partial charge in [0.25, 0.3) is 0 Å². The third-order valence-corrected chi connectivity index (χ3v) is 7.35. The Morgan fingerprint density at radius 2 is 1.69 bits per heavy atom. The molecule has 2 aromatic rings. The number of benzene rings is 2. The third-order valence-electron chi connectivity index (χ3n) is 6.16. The SMILES string of the molecule is CCCNC(=O)[C@H](CC)N(Cc1cccc(C)c1)C(=O)CCCN(c1ccc(CC)cc1)S(C)(=O)=O. The standard InChI is InChI=1S/C28H41N3O4S/c1-6-18-29-28(33)26(8-3)30(21-24-12-9-11-22(4)20-24)27(32)13-10-19-31(36(5,34)35)25-16-14-23(7-2)15-17-25/h9,11-12,14-17,20,26H,6-8,10,13,18-19,21H2,1-5H3,(H,29,33)/t26-/m0/s1. The number of amides is 2. The van der Waals surface area contributed by atoms with E-state index in [1.165, 1.54) is 10.6 Å². The second-order valence-corrected chi connectivity index (χ2v) is 11.1. The first-order chi connectivity index (χ1) is 17.1. The Hall–Kier alpha value is -2.87. The Labute approximate surface area is 216 Å².